The van der Waals surface area contributed by atoms with Crippen LogP contribution >= 0.6 is 0 Å². The van der Waals surface area contributed by atoms with Crippen LogP contribution in [0, 0.1) is 0 Å². The molecule has 0 spiro atoms. The number of hydrogen-bond acceptors (Lipinski definition) is 4. The summed E-state index contributed by atoms with van der Waals surface area (Å²) in [5, 5.41) is 0. The second-order valence-electron chi connectivity index (χ2n) is 3.13. The van der Waals surface area contributed by atoms with Crippen LogP contribution in [0.3, 0.4) is 0 Å². The summed E-state index contributed by atoms with van der Waals surface area (Å²) in [6, 6.07) is 6.77. The Morgan fingerprint density at radius 1 is 1.44 bits per heavy atom. The van der Waals surface area contributed by atoms with Gasteiger partial charge < -0.3 is 19.9 Å². The first-order chi connectivity index (χ1) is 7.69. The van der Waals surface area contributed by atoms with E-state index in [4.69, 9.17) is 19.9 Å². The number of methoxy groups -OCH3 is 2. The van der Waals surface area contributed by atoms with Crippen molar-refractivity contribution < 1.29 is 19.0 Å². The van der Waals surface area contributed by atoms with Crippen molar-refractivity contribution in [2.75, 3.05) is 21.0 Å². The lowest BCUT2D eigenvalue weighted by molar-refractivity contribution is -0.180. The van der Waals surface area contributed by atoms with Crippen molar-refractivity contribution in [3.05, 3.63) is 35.4 Å². The number of ether oxygens (including phenoxy) is 3. The van der Waals surface area contributed by atoms with Crippen molar-refractivity contribution in [1.82, 2.24) is 0 Å². The number of carbonyl (C=O) groups excluding carboxylic acids is 1. The molecule has 0 radical (unpaired) electrons. The first kappa shape index (κ1) is 12.6. The zero-order valence-electron chi connectivity index (χ0n) is 9.30. The standard InChI is InChI=1S/C11H15NO4/c1-14-7-16-11(15-2)9-5-3-4-8(6-9)10(12)13/h3-6,11H,7H2,1-2H3,(H2,12,13). The molecule has 16 heavy (non-hydrogen) atoms. The second-order valence-corrected chi connectivity index (χ2v) is 3.13. The van der Waals surface area contributed by atoms with Gasteiger partial charge in [-0.15, -0.1) is 0 Å². The lowest BCUT2D eigenvalue weighted by Crippen LogP contribution is -2.13. The smallest absolute Gasteiger partial charge is 0.248 e. The third kappa shape index (κ3) is 3.30. The SMILES string of the molecule is COCOC(OC)c1cccc(C(N)=O)c1. The molecular formula is C11H15NO4. The molecule has 1 aromatic rings. The van der Waals surface area contributed by atoms with Gasteiger partial charge in [0.25, 0.3) is 0 Å². The normalized spacial score (nSPS) is 12.4. The van der Waals surface area contributed by atoms with Gasteiger partial charge in [-0.05, 0) is 12.1 Å². The van der Waals surface area contributed by atoms with Crippen molar-refractivity contribution in [2.45, 2.75) is 6.29 Å². The second kappa shape index (κ2) is 6.22. The maximum atomic E-state index is 11.0. The number of carbonyl (C=O) groups is 1. The summed E-state index contributed by atoms with van der Waals surface area (Å²) in [4.78, 5) is 11.0. The largest absolute Gasteiger partial charge is 0.366 e. The molecule has 0 saturated carbocycles. The highest BCUT2D eigenvalue weighted by atomic mass is 16.7. The highest BCUT2D eigenvalue weighted by Crippen LogP contribution is 2.19. The molecule has 5 heteroatoms. The number of primary amides is 1. The molecule has 88 valence electrons. The molecule has 1 rings (SSSR count). The van der Waals surface area contributed by atoms with E-state index in [1.165, 1.54) is 14.2 Å². The van der Waals surface area contributed by atoms with Gasteiger partial charge >= 0.3 is 0 Å². The summed E-state index contributed by atoms with van der Waals surface area (Å²) >= 11 is 0. The van der Waals surface area contributed by atoms with E-state index in [9.17, 15) is 4.79 Å². The number of benzene rings is 1. The van der Waals surface area contributed by atoms with Crippen molar-refractivity contribution in [3.8, 4) is 0 Å². The van der Waals surface area contributed by atoms with Crippen LogP contribution in [-0.4, -0.2) is 26.9 Å². The van der Waals surface area contributed by atoms with E-state index < -0.39 is 12.2 Å². The highest BCUT2D eigenvalue weighted by molar-refractivity contribution is 5.92. The first-order valence-corrected chi connectivity index (χ1v) is 4.72. The van der Waals surface area contributed by atoms with Gasteiger partial charge in [-0.2, -0.15) is 0 Å². The molecule has 0 aromatic heterocycles. The molecule has 5 nitrogen and oxygen atoms in total. The van der Waals surface area contributed by atoms with Crippen LogP contribution in [0.1, 0.15) is 22.2 Å². The van der Waals surface area contributed by atoms with Gasteiger partial charge in [-0.1, -0.05) is 12.1 Å². The monoisotopic (exact) mass is 225 g/mol. The Morgan fingerprint density at radius 2 is 2.19 bits per heavy atom. The van der Waals surface area contributed by atoms with Crippen LogP contribution in [0.4, 0.5) is 0 Å². The van der Waals surface area contributed by atoms with Gasteiger partial charge in [-0.25, -0.2) is 0 Å². The van der Waals surface area contributed by atoms with Crippen LogP contribution in [0.2, 0.25) is 0 Å². The van der Waals surface area contributed by atoms with Gasteiger partial charge in [0.1, 0.15) is 6.79 Å². The minimum Gasteiger partial charge on any atom is -0.366 e. The van der Waals surface area contributed by atoms with Crippen molar-refractivity contribution in [3.63, 3.8) is 0 Å². The van der Waals surface area contributed by atoms with E-state index in [2.05, 4.69) is 0 Å². The van der Waals surface area contributed by atoms with Gasteiger partial charge in [0.05, 0.1) is 0 Å². The molecule has 0 aliphatic rings. The molecule has 0 saturated heterocycles. The fourth-order valence-corrected chi connectivity index (χ4v) is 1.27. The first-order valence-electron chi connectivity index (χ1n) is 4.72. The van der Waals surface area contributed by atoms with Crippen LogP contribution in [0.15, 0.2) is 24.3 Å². The molecule has 0 heterocycles. The summed E-state index contributed by atoms with van der Waals surface area (Å²) in [5.74, 6) is -0.483. The van der Waals surface area contributed by atoms with E-state index in [0.29, 0.717) is 5.56 Å². The Bertz CT molecular complexity index is 354. The Balaban J connectivity index is 2.83. The summed E-state index contributed by atoms with van der Waals surface area (Å²) in [7, 11) is 3.03. The van der Waals surface area contributed by atoms with Gasteiger partial charge in [0.15, 0.2) is 6.29 Å². The third-order valence-electron chi connectivity index (χ3n) is 1.99. The summed E-state index contributed by atoms with van der Waals surface area (Å²) in [6.45, 7) is 0.110. The van der Waals surface area contributed by atoms with Crippen LogP contribution in [-0.2, 0) is 14.2 Å². The van der Waals surface area contributed by atoms with Crippen LogP contribution < -0.4 is 5.73 Å². The molecule has 2 N–H and O–H groups in total. The molecule has 1 aromatic carbocycles. The molecule has 0 aliphatic carbocycles. The maximum Gasteiger partial charge on any atom is 0.248 e. The molecule has 0 fully saturated rings. The van der Waals surface area contributed by atoms with Gasteiger partial charge in [-0.3, -0.25) is 4.79 Å². The number of nitrogens with two attached hydrogens (primary N) is 1. The maximum absolute atomic E-state index is 11.0. The predicted octanol–water partition coefficient (Wildman–Crippen LogP) is 1.05. The Labute approximate surface area is 94.1 Å². The van der Waals surface area contributed by atoms with E-state index in [1.807, 2.05) is 0 Å². The van der Waals surface area contributed by atoms with E-state index in [-0.39, 0.29) is 6.79 Å². The molecule has 1 amide bonds. The topological polar surface area (TPSA) is 70.8 Å². The van der Waals surface area contributed by atoms with Crippen LogP contribution in [0.5, 0.6) is 0 Å². The van der Waals surface area contributed by atoms with Crippen LogP contribution in [0.25, 0.3) is 0 Å². The molecule has 0 bridgehead atoms. The Hall–Kier alpha value is -1.43. The van der Waals surface area contributed by atoms with E-state index >= 15 is 0 Å². The summed E-state index contributed by atoms with van der Waals surface area (Å²) in [5.41, 5.74) is 6.31. The Morgan fingerprint density at radius 3 is 2.75 bits per heavy atom. The van der Waals surface area contributed by atoms with E-state index in [0.717, 1.165) is 5.56 Å². The highest BCUT2D eigenvalue weighted by Gasteiger charge is 2.12. The average molecular weight is 225 g/mol. The van der Waals surface area contributed by atoms with Gasteiger partial charge in [0, 0.05) is 25.3 Å². The molecular weight excluding hydrogens is 210 g/mol. The third-order valence-corrected chi connectivity index (χ3v) is 1.99. The number of hydrogen-bond donors (Lipinski definition) is 1. The lowest BCUT2D eigenvalue weighted by atomic mass is 10.1. The van der Waals surface area contributed by atoms with Gasteiger partial charge in [0.2, 0.25) is 5.91 Å². The number of amides is 1. The zero-order chi connectivity index (χ0) is 12.0. The molecule has 1 unspecified atom stereocenters. The van der Waals surface area contributed by atoms with Crippen molar-refractivity contribution in [1.29, 1.82) is 0 Å². The minimum absolute atomic E-state index is 0.110. The molecule has 1 atom stereocenters. The Kier molecular flexibility index (Phi) is 4.91. The fourth-order valence-electron chi connectivity index (χ4n) is 1.27. The summed E-state index contributed by atoms with van der Waals surface area (Å²) in [6.07, 6.45) is -0.570. The van der Waals surface area contributed by atoms with E-state index in [1.54, 1.807) is 24.3 Å². The van der Waals surface area contributed by atoms with Crippen molar-refractivity contribution >= 4 is 5.91 Å². The van der Waals surface area contributed by atoms with Crippen molar-refractivity contribution in [2.24, 2.45) is 5.73 Å². The number of rotatable bonds is 6. The molecule has 0 aliphatic heterocycles. The zero-order valence-corrected chi connectivity index (χ0v) is 9.30. The predicted molar refractivity (Wildman–Crippen MR) is 57.7 cm³/mol. The quantitative estimate of drug-likeness (QED) is 0.734. The minimum atomic E-state index is -0.570. The average Bonchev–Trinajstić information content (AvgIpc) is 2.30. The summed E-state index contributed by atoms with van der Waals surface area (Å²) < 4.78 is 15.2. The lowest BCUT2D eigenvalue weighted by Gasteiger charge is -2.16. The fraction of sp³-hybridized carbons (Fsp3) is 0.364.